The Kier molecular flexibility index (Phi) is 2.84. The van der Waals surface area contributed by atoms with Gasteiger partial charge in [0.05, 0.1) is 0 Å². The van der Waals surface area contributed by atoms with Crippen LogP contribution in [0.15, 0.2) is 42.5 Å². The minimum Gasteiger partial charge on any atom is -0.319 e. The van der Waals surface area contributed by atoms with Crippen molar-refractivity contribution in [1.82, 2.24) is 0 Å². The molecule has 0 aliphatic carbocycles. The van der Waals surface area contributed by atoms with Gasteiger partial charge in [0.2, 0.25) is 0 Å². The van der Waals surface area contributed by atoms with E-state index in [0.29, 0.717) is 0 Å². The molecule has 0 fully saturated rings. The van der Waals surface area contributed by atoms with Crippen molar-refractivity contribution in [3.63, 3.8) is 0 Å². The Morgan fingerprint density at radius 1 is 1.19 bits per heavy atom. The fourth-order valence-electron chi connectivity index (χ4n) is 1.60. The third kappa shape index (κ3) is 2.01. The van der Waals surface area contributed by atoms with Crippen molar-refractivity contribution < 1.29 is 4.79 Å². The van der Waals surface area contributed by atoms with Gasteiger partial charge in [-0.05, 0) is 11.5 Å². The highest BCUT2D eigenvalue weighted by Gasteiger charge is 2.06. The van der Waals surface area contributed by atoms with E-state index < -0.39 is 0 Å². The SMILES string of the molecule is [C-]#[N+]CC(=O)Nc1cccc2ccccc12. The summed E-state index contributed by atoms with van der Waals surface area (Å²) >= 11 is 0. The molecule has 0 radical (unpaired) electrons. The molecular formula is C13H10N2O. The van der Waals surface area contributed by atoms with Crippen LogP contribution in [0.1, 0.15) is 0 Å². The van der Waals surface area contributed by atoms with Gasteiger partial charge in [0.25, 0.3) is 6.54 Å². The zero-order valence-electron chi connectivity index (χ0n) is 8.60. The molecular weight excluding hydrogens is 200 g/mol. The van der Waals surface area contributed by atoms with E-state index in [9.17, 15) is 4.79 Å². The van der Waals surface area contributed by atoms with Crippen molar-refractivity contribution in [2.75, 3.05) is 11.9 Å². The number of carbonyl (C=O) groups excluding carboxylic acids is 1. The molecule has 3 heteroatoms. The summed E-state index contributed by atoms with van der Waals surface area (Å²) in [6, 6.07) is 13.5. The van der Waals surface area contributed by atoms with E-state index in [1.54, 1.807) is 0 Å². The summed E-state index contributed by atoms with van der Waals surface area (Å²) in [5.74, 6) is -0.272. The third-order valence-electron chi connectivity index (χ3n) is 2.29. The minimum atomic E-state index is -0.272. The normalized spacial score (nSPS) is 9.69. The van der Waals surface area contributed by atoms with Crippen LogP contribution in [-0.4, -0.2) is 12.5 Å². The first kappa shape index (κ1) is 10.2. The maximum absolute atomic E-state index is 11.3. The number of anilines is 1. The van der Waals surface area contributed by atoms with Crippen LogP contribution in [-0.2, 0) is 4.79 Å². The predicted molar refractivity (Wildman–Crippen MR) is 64.0 cm³/mol. The molecule has 0 heterocycles. The zero-order chi connectivity index (χ0) is 11.4. The molecule has 2 rings (SSSR count). The third-order valence-corrected chi connectivity index (χ3v) is 2.29. The molecule has 0 aromatic heterocycles. The van der Waals surface area contributed by atoms with Gasteiger partial charge in [-0.25, -0.2) is 6.57 Å². The van der Waals surface area contributed by atoms with Crippen molar-refractivity contribution in [2.45, 2.75) is 0 Å². The van der Waals surface area contributed by atoms with Crippen molar-refractivity contribution in [1.29, 1.82) is 0 Å². The van der Waals surface area contributed by atoms with E-state index in [1.165, 1.54) is 0 Å². The highest BCUT2D eigenvalue weighted by Crippen LogP contribution is 2.22. The molecule has 0 saturated heterocycles. The van der Waals surface area contributed by atoms with Crippen LogP contribution in [0.25, 0.3) is 15.6 Å². The van der Waals surface area contributed by atoms with Gasteiger partial charge < -0.3 is 10.2 Å². The van der Waals surface area contributed by atoms with Gasteiger partial charge in [-0.1, -0.05) is 36.4 Å². The summed E-state index contributed by atoms with van der Waals surface area (Å²) in [7, 11) is 0. The first-order valence-electron chi connectivity index (χ1n) is 4.92. The van der Waals surface area contributed by atoms with Crippen molar-refractivity contribution >= 4 is 22.4 Å². The second-order valence-corrected chi connectivity index (χ2v) is 3.39. The second kappa shape index (κ2) is 4.45. The fourth-order valence-corrected chi connectivity index (χ4v) is 1.60. The van der Waals surface area contributed by atoms with E-state index in [4.69, 9.17) is 6.57 Å². The Hall–Kier alpha value is -2.34. The smallest absolute Gasteiger partial charge is 0.304 e. The van der Waals surface area contributed by atoms with Gasteiger partial charge >= 0.3 is 5.91 Å². The summed E-state index contributed by atoms with van der Waals surface area (Å²) in [6.45, 7) is 6.49. The standard InChI is InChI=1S/C13H10N2O/c1-14-9-13(16)15-12-8-4-6-10-5-2-3-7-11(10)12/h2-8H,9H2,(H,15,16). The highest BCUT2D eigenvalue weighted by molar-refractivity contribution is 6.03. The minimum absolute atomic E-state index is 0.136. The van der Waals surface area contributed by atoms with E-state index >= 15 is 0 Å². The Balaban J connectivity index is 2.38. The number of fused-ring (bicyclic) bond motifs is 1. The van der Waals surface area contributed by atoms with Crippen LogP contribution < -0.4 is 5.32 Å². The van der Waals surface area contributed by atoms with Gasteiger partial charge in [0.1, 0.15) is 0 Å². The molecule has 0 unspecified atom stereocenters. The van der Waals surface area contributed by atoms with Crippen LogP contribution in [0.4, 0.5) is 5.69 Å². The summed E-state index contributed by atoms with van der Waals surface area (Å²) in [5.41, 5.74) is 0.756. The molecule has 0 aliphatic rings. The van der Waals surface area contributed by atoms with Crippen LogP contribution in [0.3, 0.4) is 0 Å². The molecule has 2 aromatic rings. The lowest BCUT2D eigenvalue weighted by Gasteiger charge is -2.05. The zero-order valence-corrected chi connectivity index (χ0v) is 8.60. The summed E-state index contributed by atoms with van der Waals surface area (Å²) in [6.07, 6.45) is 0. The maximum Gasteiger partial charge on any atom is 0.304 e. The number of hydrogen-bond donors (Lipinski definition) is 1. The van der Waals surface area contributed by atoms with Crippen LogP contribution in [0.2, 0.25) is 0 Å². The second-order valence-electron chi connectivity index (χ2n) is 3.39. The Morgan fingerprint density at radius 2 is 1.94 bits per heavy atom. The number of nitrogens with one attached hydrogen (secondary N) is 1. The molecule has 1 amide bonds. The lowest BCUT2D eigenvalue weighted by atomic mass is 10.1. The Bertz CT molecular complexity index is 564. The molecule has 16 heavy (non-hydrogen) atoms. The molecule has 2 aromatic carbocycles. The van der Waals surface area contributed by atoms with E-state index in [2.05, 4.69) is 10.2 Å². The number of benzene rings is 2. The maximum atomic E-state index is 11.3. The molecule has 1 N–H and O–H groups in total. The average Bonchev–Trinajstić information content (AvgIpc) is 2.30. The summed E-state index contributed by atoms with van der Waals surface area (Å²) in [5, 5.41) is 4.79. The van der Waals surface area contributed by atoms with Crippen molar-refractivity contribution in [2.24, 2.45) is 0 Å². The molecule has 78 valence electrons. The van der Waals surface area contributed by atoms with Crippen LogP contribution in [0.5, 0.6) is 0 Å². The monoisotopic (exact) mass is 210 g/mol. The molecule has 3 nitrogen and oxygen atoms in total. The van der Waals surface area contributed by atoms with Gasteiger partial charge in [0.15, 0.2) is 0 Å². The summed E-state index contributed by atoms with van der Waals surface area (Å²) in [4.78, 5) is 14.4. The summed E-state index contributed by atoms with van der Waals surface area (Å²) < 4.78 is 0. The molecule has 0 aliphatic heterocycles. The molecule has 0 saturated carbocycles. The topological polar surface area (TPSA) is 33.5 Å². The van der Waals surface area contributed by atoms with E-state index in [-0.39, 0.29) is 12.5 Å². The fraction of sp³-hybridized carbons (Fsp3) is 0.0769. The Morgan fingerprint density at radius 3 is 2.75 bits per heavy atom. The van der Waals surface area contributed by atoms with Crippen molar-refractivity contribution in [3.8, 4) is 0 Å². The molecule has 0 atom stereocenters. The average molecular weight is 210 g/mol. The van der Waals surface area contributed by atoms with Crippen LogP contribution >= 0.6 is 0 Å². The lowest BCUT2D eigenvalue weighted by Crippen LogP contribution is -2.13. The number of carbonyl (C=O) groups is 1. The van der Waals surface area contributed by atoms with E-state index in [0.717, 1.165) is 16.5 Å². The van der Waals surface area contributed by atoms with Crippen LogP contribution in [0, 0.1) is 6.57 Å². The van der Waals surface area contributed by atoms with Crippen molar-refractivity contribution in [3.05, 3.63) is 53.9 Å². The van der Waals surface area contributed by atoms with Gasteiger partial charge in [-0.15, -0.1) is 0 Å². The number of hydrogen-bond acceptors (Lipinski definition) is 1. The highest BCUT2D eigenvalue weighted by atomic mass is 16.1. The number of amides is 1. The predicted octanol–water partition coefficient (Wildman–Crippen LogP) is 2.70. The number of rotatable bonds is 2. The van der Waals surface area contributed by atoms with Gasteiger partial charge in [-0.3, -0.25) is 4.79 Å². The Labute approximate surface area is 93.5 Å². The lowest BCUT2D eigenvalue weighted by molar-refractivity contribution is -0.114. The quantitative estimate of drug-likeness (QED) is 0.759. The molecule has 0 bridgehead atoms. The first-order chi connectivity index (χ1) is 7.81. The first-order valence-corrected chi connectivity index (χ1v) is 4.92. The molecule has 0 spiro atoms. The van der Waals surface area contributed by atoms with E-state index in [1.807, 2.05) is 42.5 Å². The van der Waals surface area contributed by atoms with Gasteiger partial charge in [-0.2, -0.15) is 0 Å². The van der Waals surface area contributed by atoms with Gasteiger partial charge in [0, 0.05) is 11.1 Å². The largest absolute Gasteiger partial charge is 0.319 e. The number of nitrogens with zero attached hydrogens (tertiary/aromatic N) is 1.